The highest BCUT2D eigenvalue weighted by molar-refractivity contribution is 7.99. The van der Waals surface area contributed by atoms with Crippen molar-refractivity contribution in [3.8, 4) is 22.7 Å². The summed E-state index contributed by atoms with van der Waals surface area (Å²) in [4.78, 5) is 9.05. The summed E-state index contributed by atoms with van der Waals surface area (Å²) in [6, 6.07) is 13.2. The zero-order chi connectivity index (χ0) is 26.1. The van der Waals surface area contributed by atoms with E-state index in [2.05, 4.69) is 26.3 Å². The maximum atomic E-state index is 9.71. The molecule has 1 N–H and O–H groups in total. The van der Waals surface area contributed by atoms with Gasteiger partial charge in [0, 0.05) is 35.3 Å². The molecule has 6 unspecified atom stereocenters. The Labute approximate surface area is 226 Å². The highest BCUT2D eigenvalue weighted by Crippen LogP contribution is 2.44. The molecule has 5 heterocycles. The molecule has 0 amide bonds. The Kier molecular flexibility index (Phi) is 7.07. The van der Waals surface area contributed by atoms with Gasteiger partial charge in [0.25, 0.3) is 5.19 Å². The fourth-order valence-electron chi connectivity index (χ4n) is 4.59. The number of rotatable bonds is 6. The molecule has 11 nitrogen and oxygen atoms in total. The van der Waals surface area contributed by atoms with E-state index < -0.39 is 36.1 Å². The minimum atomic E-state index is -0.583. The van der Waals surface area contributed by atoms with Crippen LogP contribution in [0.15, 0.2) is 65.3 Å². The average molecular weight is 551 g/mol. The maximum Gasteiger partial charge on any atom is 0.271 e. The maximum absolute atomic E-state index is 9.71. The number of ether oxygens (including phenoxy) is 4. The number of hydrogen-bond donors (Lipinski definition) is 1. The minimum absolute atomic E-state index is 0.0430. The molecule has 3 aromatic heterocycles. The predicted molar refractivity (Wildman–Crippen MR) is 136 cm³/mol. The Bertz CT molecular complexity index is 1440. The predicted octanol–water partition coefficient (Wildman–Crippen LogP) is 3.56. The SMILES string of the molecule is COC1C(Sc2cncc(C#N)c2)OC2COC(c3ccccc3)OC2C1n1cc(-c2csc(O)n2)nn1. The monoisotopic (exact) mass is 550 g/mol. The lowest BCUT2D eigenvalue weighted by Gasteiger charge is -2.48. The van der Waals surface area contributed by atoms with Gasteiger partial charge in [-0.25, -0.2) is 9.67 Å². The van der Waals surface area contributed by atoms with Gasteiger partial charge in [0.05, 0.1) is 18.4 Å². The van der Waals surface area contributed by atoms with Crippen LogP contribution in [0.4, 0.5) is 0 Å². The lowest BCUT2D eigenvalue weighted by Crippen LogP contribution is -2.59. The van der Waals surface area contributed by atoms with Crippen LogP contribution in [0.2, 0.25) is 0 Å². The van der Waals surface area contributed by atoms with Gasteiger partial charge in [-0.2, -0.15) is 5.26 Å². The minimum Gasteiger partial charge on any atom is -0.486 e. The van der Waals surface area contributed by atoms with E-state index in [1.54, 1.807) is 35.6 Å². The van der Waals surface area contributed by atoms with Crippen molar-refractivity contribution in [2.24, 2.45) is 0 Å². The molecule has 0 aliphatic carbocycles. The number of aromatic hydroxyl groups is 1. The third kappa shape index (κ3) is 4.90. The van der Waals surface area contributed by atoms with Gasteiger partial charge in [0.2, 0.25) is 0 Å². The number of aromatic nitrogens is 5. The van der Waals surface area contributed by atoms with E-state index >= 15 is 0 Å². The number of thioether (sulfide) groups is 1. The molecule has 2 aliphatic rings. The second kappa shape index (κ2) is 10.8. The number of thiazole rings is 1. The molecule has 2 aliphatic heterocycles. The van der Waals surface area contributed by atoms with Gasteiger partial charge in [-0.3, -0.25) is 4.98 Å². The molecule has 6 atom stereocenters. The summed E-state index contributed by atoms with van der Waals surface area (Å²) >= 11 is 2.53. The third-order valence-electron chi connectivity index (χ3n) is 6.32. The van der Waals surface area contributed by atoms with Crippen LogP contribution >= 0.6 is 23.1 Å². The highest BCUT2D eigenvalue weighted by Gasteiger charge is 2.52. The second-order valence-corrected chi connectivity index (χ2v) is 10.7. The van der Waals surface area contributed by atoms with E-state index in [0.717, 1.165) is 21.8 Å². The molecule has 2 fully saturated rings. The van der Waals surface area contributed by atoms with Crippen LogP contribution in [0, 0.1) is 11.3 Å². The number of benzene rings is 1. The first-order chi connectivity index (χ1) is 18.6. The van der Waals surface area contributed by atoms with E-state index in [1.165, 1.54) is 18.0 Å². The van der Waals surface area contributed by atoms with Gasteiger partial charge in [-0.1, -0.05) is 58.6 Å². The Morgan fingerprint density at radius 1 is 1.21 bits per heavy atom. The topological polar surface area (TPSA) is 137 Å². The van der Waals surface area contributed by atoms with Gasteiger partial charge >= 0.3 is 0 Å². The summed E-state index contributed by atoms with van der Waals surface area (Å²) in [6.07, 6.45) is 2.97. The van der Waals surface area contributed by atoms with Crippen LogP contribution in [0.1, 0.15) is 23.5 Å². The molecule has 194 valence electrons. The molecule has 4 aromatic rings. The molecule has 13 heteroatoms. The molecule has 38 heavy (non-hydrogen) atoms. The fraction of sp³-hybridized carbons (Fsp3) is 0.320. The first kappa shape index (κ1) is 24.9. The molecule has 0 bridgehead atoms. The number of nitrogens with zero attached hydrogens (tertiary/aromatic N) is 6. The van der Waals surface area contributed by atoms with Crippen molar-refractivity contribution in [1.29, 1.82) is 5.26 Å². The quantitative estimate of drug-likeness (QED) is 0.377. The van der Waals surface area contributed by atoms with Crippen molar-refractivity contribution >= 4 is 23.1 Å². The first-order valence-electron chi connectivity index (χ1n) is 11.7. The molecular weight excluding hydrogens is 528 g/mol. The summed E-state index contributed by atoms with van der Waals surface area (Å²) < 4.78 is 26.8. The smallest absolute Gasteiger partial charge is 0.271 e. The summed E-state index contributed by atoms with van der Waals surface area (Å²) in [5.41, 5.74) is 1.90. The van der Waals surface area contributed by atoms with E-state index in [9.17, 15) is 10.4 Å². The molecule has 0 spiro atoms. The first-order valence-corrected chi connectivity index (χ1v) is 13.5. The normalized spacial score (nSPS) is 26.9. The van der Waals surface area contributed by atoms with Gasteiger partial charge in [-0.05, 0) is 6.07 Å². The zero-order valence-corrected chi connectivity index (χ0v) is 21.7. The number of nitriles is 1. The summed E-state index contributed by atoms with van der Waals surface area (Å²) in [7, 11) is 1.61. The average Bonchev–Trinajstić information content (AvgIpc) is 3.62. The van der Waals surface area contributed by atoms with Crippen molar-refractivity contribution in [2.75, 3.05) is 13.7 Å². The standard InChI is InChI=1S/C25H22N6O5S2/c1-33-22-20(31-11-17(29-30-31)18-13-37-25(32)28-18)21-19(12-34-23(36-21)15-5-3-2-4-6-15)35-24(22)38-16-7-14(8-26)9-27-10-16/h2-7,9-11,13,19-24H,12H2,1H3,(H,28,32). The van der Waals surface area contributed by atoms with Crippen molar-refractivity contribution in [3.05, 3.63) is 71.5 Å². The Balaban J connectivity index is 1.35. The highest BCUT2D eigenvalue weighted by atomic mass is 32.2. The van der Waals surface area contributed by atoms with Crippen LogP contribution in [0.25, 0.3) is 11.4 Å². The number of pyridine rings is 1. The summed E-state index contributed by atoms with van der Waals surface area (Å²) in [5.74, 6) is 0. The van der Waals surface area contributed by atoms with Crippen molar-refractivity contribution in [3.63, 3.8) is 0 Å². The zero-order valence-electron chi connectivity index (χ0n) is 20.0. The van der Waals surface area contributed by atoms with E-state index in [4.69, 9.17) is 18.9 Å². The van der Waals surface area contributed by atoms with E-state index in [0.29, 0.717) is 23.6 Å². The van der Waals surface area contributed by atoms with E-state index in [-0.39, 0.29) is 5.19 Å². The van der Waals surface area contributed by atoms with E-state index in [1.807, 2.05) is 30.3 Å². The van der Waals surface area contributed by atoms with Gasteiger partial charge < -0.3 is 24.1 Å². The van der Waals surface area contributed by atoms with Gasteiger partial charge in [0.1, 0.15) is 47.2 Å². The number of hydrogen-bond acceptors (Lipinski definition) is 12. The molecular formula is C25H22N6O5S2. The van der Waals surface area contributed by atoms with Gasteiger partial charge in [0.15, 0.2) is 6.29 Å². The fourth-order valence-corrected chi connectivity index (χ4v) is 6.32. The van der Waals surface area contributed by atoms with Gasteiger partial charge in [-0.15, -0.1) is 5.10 Å². The molecule has 0 radical (unpaired) electrons. The Hall–Kier alpha value is -3.38. The molecule has 1 aromatic carbocycles. The van der Waals surface area contributed by atoms with Crippen LogP contribution in [0.5, 0.6) is 5.19 Å². The summed E-state index contributed by atoms with van der Waals surface area (Å²) in [5, 5.41) is 29.4. The second-order valence-electron chi connectivity index (χ2n) is 8.65. The Morgan fingerprint density at radius 3 is 2.84 bits per heavy atom. The third-order valence-corrected chi connectivity index (χ3v) is 8.07. The Morgan fingerprint density at radius 2 is 2.08 bits per heavy atom. The lowest BCUT2D eigenvalue weighted by molar-refractivity contribution is -0.308. The van der Waals surface area contributed by atoms with Crippen molar-refractivity contribution in [1.82, 2.24) is 25.0 Å². The lowest BCUT2D eigenvalue weighted by atomic mass is 9.95. The molecule has 0 saturated carbocycles. The van der Waals surface area contributed by atoms with Crippen molar-refractivity contribution in [2.45, 2.75) is 41.0 Å². The van der Waals surface area contributed by atoms with Crippen LogP contribution in [-0.4, -0.2) is 67.5 Å². The molecule has 2 saturated heterocycles. The van der Waals surface area contributed by atoms with Crippen LogP contribution in [-0.2, 0) is 18.9 Å². The summed E-state index contributed by atoms with van der Waals surface area (Å²) in [6.45, 7) is 0.298. The largest absolute Gasteiger partial charge is 0.486 e. The van der Waals surface area contributed by atoms with Crippen LogP contribution < -0.4 is 0 Å². The number of methoxy groups -OCH3 is 1. The van der Waals surface area contributed by atoms with Crippen LogP contribution in [0.3, 0.4) is 0 Å². The van der Waals surface area contributed by atoms with Crippen molar-refractivity contribution < 1.29 is 24.1 Å². The molecule has 6 rings (SSSR count). The number of fused-ring (bicyclic) bond motifs is 1.